The molecule has 3 aromatic carbocycles. The summed E-state index contributed by atoms with van der Waals surface area (Å²) in [6.45, 7) is 0. The van der Waals surface area contributed by atoms with Crippen LogP contribution in [0.15, 0.2) is 89.8 Å². The van der Waals surface area contributed by atoms with Crippen LogP contribution in [0, 0.1) is 0 Å². The van der Waals surface area contributed by atoms with Gasteiger partial charge in [-0.15, -0.1) is 11.6 Å². The van der Waals surface area contributed by atoms with Gasteiger partial charge in [0.25, 0.3) is 0 Å². The molecule has 0 spiro atoms. The van der Waals surface area contributed by atoms with Crippen molar-refractivity contribution in [1.82, 2.24) is 4.72 Å². The quantitative estimate of drug-likeness (QED) is 0.562. The monoisotopic (exact) mass is 405 g/mol. The molecular formula is C20H17Cl2NO2S. The molecule has 0 unspecified atom stereocenters. The first-order valence-electron chi connectivity index (χ1n) is 7.99. The van der Waals surface area contributed by atoms with Crippen LogP contribution in [0.5, 0.6) is 0 Å². The maximum atomic E-state index is 12.9. The van der Waals surface area contributed by atoms with Gasteiger partial charge in [-0.2, -0.15) is 0 Å². The van der Waals surface area contributed by atoms with Gasteiger partial charge in [0.1, 0.15) is 0 Å². The summed E-state index contributed by atoms with van der Waals surface area (Å²) in [5.74, 6) is 0. The number of benzene rings is 3. The number of hydrogen-bond acceptors (Lipinski definition) is 2. The first kappa shape index (κ1) is 18.9. The molecule has 0 amide bonds. The predicted octanol–water partition coefficient (Wildman–Crippen LogP) is 5.34. The Balaban J connectivity index is 1.97. The molecular weight excluding hydrogens is 389 g/mol. The summed E-state index contributed by atoms with van der Waals surface area (Å²) in [6, 6.07) is 24.1. The number of nitrogens with one attached hydrogen (secondary N) is 1. The van der Waals surface area contributed by atoms with Crippen LogP contribution < -0.4 is 4.72 Å². The molecule has 0 saturated carbocycles. The summed E-state index contributed by atoms with van der Waals surface area (Å²) in [6.07, 6.45) is 0. The first-order chi connectivity index (χ1) is 12.5. The zero-order valence-corrected chi connectivity index (χ0v) is 16.0. The topological polar surface area (TPSA) is 46.2 Å². The summed E-state index contributed by atoms with van der Waals surface area (Å²) < 4.78 is 28.4. The molecule has 3 aromatic rings. The number of rotatable bonds is 6. The van der Waals surface area contributed by atoms with Crippen LogP contribution in [0.1, 0.15) is 22.5 Å². The first-order valence-corrected chi connectivity index (χ1v) is 10.3. The Kier molecular flexibility index (Phi) is 5.99. The lowest BCUT2D eigenvalue weighted by Gasteiger charge is -2.24. The minimum Gasteiger partial charge on any atom is -0.207 e. The normalized spacial score (nSPS) is 13.9. The van der Waals surface area contributed by atoms with Crippen molar-refractivity contribution in [2.75, 3.05) is 0 Å². The SMILES string of the molecule is O=S(=O)(N[C@H](c1ccccc1)[C@H](Cl)c1ccccc1)c1ccc(Cl)cc1. The number of halogens is 2. The van der Waals surface area contributed by atoms with Crippen molar-refractivity contribution in [3.05, 3.63) is 101 Å². The van der Waals surface area contributed by atoms with E-state index in [1.807, 2.05) is 60.7 Å². The second-order valence-corrected chi connectivity index (χ2v) is 8.40. The van der Waals surface area contributed by atoms with Gasteiger partial charge in [0, 0.05) is 5.02 Å². The van der Waals surface area contributed by atoms with Gasteiger partial charge < -0.3 is 0 Å². The van der Waals surface area contributed by atoms with Crippen molar-refractivity contribution in [2.24, 2.45) is 0 Å². The minimum absolute atomic E-state index is 0.139. The Morgan fingerprint density at radius 1 is 0.731 bits per heavy atom. The van der Waals surface area contributed by atoms with Crippen molar-refractivity contribution in [3.8, 4) is 0 Å². The largest absolute Gasteiger partial charge is 0.241 e. The Hall–Kier alpha value is -1.85. The number of hydrogen-bond donors (Lipinski definition) is 1. The Morgan fingerprint density at radius 3 is 1.77 bits per heavy atom. The zero-order chi connectivity index (χ0) is 18.6. The zero-order valence-electron chi connectivity index (χ0n) is 13.7. The fraction of sp³-hybridized carbons (Fsp3) is 0.100. The van der Waals surface area contributed by atoms with Gasteiger partial charge in [-0.3, -0.25) is 0 Å². The molecule has 0 aliphatic carbocycles. The molecule has 26 heavy (non-hydrogen) atoms. The van der Waals surface area contributed by atoms with Crippen molar-refractivity contribution in [2.45, 2.75) is 16.3 Å². The number of sulfonamides is 1. The summed E-state index contributed by atoms with van der Waals surface area (Å²) in [7, 11) is -3.77. The van der Waals surface area contributed by atoms with Crippen LogP contribution in [0.4, 0.5) is 0 Å². The third-order valence-corrected chi connectivity index (χ3v) is 6.19. The van der Waals surface area contributed by atoms with Gasteiger partial charge >= 0.3 is 0 Å². The average Bonchev–Trinajstić information content (AvgIpc) is 2.67. The molecule has 0 saturated heterocycles. The van der Waals surface area contributed by atoms with Crippen LogP contribution >= 0.6 is 23.2 Å². The van der Waals surface area contributed by atoms with E-state index in [-0.39, 0.29) is 4.90 Å². The standard InChI is InChI=1S/C20H17Cl2NO2S/c21-17-11-13-18(14-12-17)26(24,25)23-20(16-9-5-2-6-10-16)19(22)15-7-3-1-4-8-15/h1-14,19-20,23H/t19-,20-/m1/s1. The van der Waals surface area contributed by atoms with Gasteiger partial charge in [-0.1, -0.05) is 72.3 Å². The molecule has 2 atom stereocenters. The third-order valence-electron chi connectivity index (χ3n) is 3.98. The highest BCUT2D eigenvalue weighted by Gasteiger charge is 2.28. The molecule has 0 aliphatic heterocycles. The summed E-state index contributed by atoms with van der Waals surface area (Å²) >= 11 is 12.5. The molecule has 1 N–H and O–H groups in total. The van der Waals surface area contributed by atoms with E-state index in [0.717, 1.165) is 11.1 Å². The lowest BCUT2D eigenvalue weighted by atomic mass is 9.99. The summed E-state index contributed by atoms with van der Waals surface area (Å²) in [4.78, 5) is 0.139. The molecule has 0 aliphatic rings. The van der Waals surface area contributed by atoms with Gasteiger partial charge in [0.15, 0.2) is 0 Å². The smallest absolute Gasteiger partial charge is 0.207 e. The molecule has 6 heteroatoms. The second-order valence-electron chi connectivity index (χ2n) is 5.78. The van der Waals surface area contributed by atoms with Crippen molar-refractivity contribution < 1.29 is 8.42 Å². The Morgan fingerprint density at radius 2 is 1.23 bits per heavy atom. The lowest BCUT2D eigenvalue weighted by Crippen LogP contribution is -2.31. The Labute approximate surface area is 163 Å². The molecule has 0 radical (unpaired) electrons. The third kappa shape index (κ3) is 4.46. The highest BCUT2D eigenvalue weighted by atomic mass is 35.5. The van der Waals surface area contributed by atoms with Gasteiger partial charge in [-0.05, 0) is 35.4 Å². The van der Waals surface area contributed by atoms with Crippen LogP contribution in [0.2, 0.25) is 5.02 Å². The minimum atomic E-state index is -3.77. The predicted molar refractivity (Wildman–Crippen MR) is 106 cm³/mol. The van der Waals surface area contributed by atoms with Gasteiger partial charge in [0.2, 0.25) is 10.0 Å². The van der Waals surface area contributed by atoms with Crippen molar-refractivity contribution in [3.63, 3.8) is 0 Å². The van der Waals surface area contributed by atoms with E-state index in [9.17, 15) is 8.42 Å². The van der Waals surface area contributed by atoms with Crippen molar-refractivity contribution >= 4 is 33.2 Å². The maximum absolute atomic E-state index is 12.9. The van der Waals surface area contributed by atoms with Gasteiger partial charge in [-0.25, -0.2) is 13.1 Å². The van der Waals surface area contributed by atoms with Crippen LogP contribution in [0.3, 0.4) is 0 Å². The fourth-order valence-corrected chi connectivity index (χ4v) is 4.43. The average molecular weight is 406 g/mol. The maximum Gasteiger partial charge on any atom is 0.241 e. The highest BCUT2D eigenvalue weighted by molar-refractivity contribution is 7.89. The molecule has 3 nitrogen and oxygen atoms in total. The molecule has 0 bridgehead atoms. The van der Waals surface area contributed by atoms with E-state index in [2.05, 4.69) is 4.72 Å². The molecule has 0 fully saturated rings. The van der Waals surface area contributed by atoms with E-state index in [4.69, 9.17) is 23.2 Å². The van der Waals surface area contributed by atoms with Crippen molar-refractivity contribution in [1.29, 1.82) is 0 Å². The molecule has 3 rings (SSSR count). The van der Waals surface area contributed by atoms with E-state index in [1.54, 1.807) is 12.1 Å². The number of alkyl halides is 1. The van der Waals surface area contributed by atoms with Crippen LogP contribution in [0.25, 0.3) is 0 Å². The summed E-state index contributed by atoms with van der Waals surface area (Å²) in [5, 5.41) is -0.0938. The fourth-order valence-electron chi connectivity index (χ4n) is 2.64. The van der Waals surface area contributed by atoms with E-state index in [0.29, 0.717) is 5.02 Å². The molecule has 0 heterocycles. The van der Waals surface area contributed by atoms with Crippen LogP contribution in [-0.4, -0.2) is 8.42 Å². The van der Waals surface area contributed by atoms with Crippen LogP contribution in [-0.2, 0) is 10.0 Å². The highest BCUT2D eigenvalue weighted by Crippen LogP contribution is 2.35. The molecule has 134 valence electrons. The Bertz CT molecular complexity index is 946. The van der Waals surface area contributed by atoms with E-state index < -0.39 is 21.4 Å². The van der Waals surface area contributed by atoms with Gasteiger partial charge in [0.05, 0.1) is 16.3 Å². The van der Waals surface area contributed by atoms with E-state index in [1.165, 1.54) is 12.1 Å². The van der Waals surface area contributed by atoms with E-state index >= 15 is 0 Å². The lowest BCUT2D eigenvalue weighted by molar-refractivity contribution is 0.549. The second kappa shape index (κ2) is 8.23. The summed E-state index contributed by atoms with van der Waals surface area (Å²) in [5.41, 5.74) is 1.62. The molecule has 0 aromatic heterocycles.